The molecule has 0 aliphatic heterocycles. The van der Waals surface area contributed by atoms with Gasteiger partial charge in [-0.1, -0.05) is 124 Å². The van der Waals surface area contributed by atoms with Crippen molar-refractivity contribution in [3.05, 3.63) is 204 Å². The summed E-state index contributed by atoms with van der Waals surface area (Å²) < 4.78 is 2.42. The SMILES string of the molecule is CC1c2c(n(-c3ccccc3)c3ccccc23)C=CC1c1ccc(N(c2ccc(-c3cccnc3)cc2)c2ccc3c(c2)C(C)(C)c2ccccc2-3)cc1. The first-order chi connectivity index (χ1) is 26.5. The molecule has 6 aromatic carbocycles. The monoisotopic (exact) mass is 695 g/mol. The van der Waals surface area contributed by atoms with Gasteiger partial charge in [-0.2, -0.15) is 0 Å². The number of pyridine rings is 1. The summed E-state index contributed by atoms with van der Waals surface area (Å²) in [7, 11) is 0. The Balaban J connectivity index is 1.04. The molecule has 3 nitrogen and oxygen atoms in total. The number of hydrogen-bond donors (Lipinski definition) is 0. The minimum atomic E-state index is -0.0897. The molecule has 0 fully saturated rings. The van der Waals surface area contributed by atoms with Crippen LogP contribution in [0, 0.1) is 0 Å². The van der Waals surface area contributed by atoms with Crippen molar-refractivity contribution in [2.24, 2.45) is 0 Å². The van der Waals surface area contributed by atoms with Crippen LogP contribution >= 0.6 is 0 Å². The maximum absolute atomic E-state index is 4.36. The Morgan fingerprint density at radius 2 is 1.30 bits per heavy atom. The number of allylic oxidation sites excluding steroid dienone is 1. The summed E-state index contributed by atoms with van der Waals surface area (Å²) >= 11 is 0. The third-order valence-electron chi connectivity index (χ3n) is 11.9. The van der Waals surface area contributed by atoms with Crippen molar-refractivity contribution in [1.29, 1.82) is 0 Å². The molecule has 0 amide bonds. The molecule has 0 radical (unpaired) electrons. The molecule has 2 aliphatic carbocycles. The minimum Gasteiger partial charge on any atom is -0.310 e. The lowest BCUT2D eigenvalue weighted by Crippen LogP contribution is -2.16. The van der Waals surface area contributed by atoms with Gasteiger partial charge in [-0.05, 0) is 117 Å². The van der Waals surface area contributed by atoms with Crippen LogP contribution in [0.3, 0.4) is 0 Å². The van der Waals surface area contributed by atoms with E-state index in [1.165, 1.54) is 55.7 Å². The number of anilines is 3. The highest BCUT2D eigenvalue weighted by molar-refractivity contribution is 5.92. The maximum atomic E-state index is 4.36. The second-order valence-electron chi connectivity index (χ2n) is 15.3. The molecule has 260 valence electrons. The van der Waals surface area contributed by atoms with Crippen LogP contribution in [0.1, 0.15) is 60.6 Å². The first kappa shape index (κ1) is 32.2. The molecule has 0 N–H and O–H groups in total. The molecule has 2 atom stereocenters. The molecule has 0 saturated carbocycles. The number of aromatic nitrogens is 2. The lowest BCUT2D eigenvalue weighted by Gasteiger charge is -2.29. The van der Waals surface area contributed by atoms with Crippen LogP contribution < -0.4 is 4.90 Å². The predicted octanol–water partition coefficient (Wildman–Crippen LogP) is 13.4. The summed E-state index contributed by atoms with van der Waals surface area (Å²) in [4.78, 5) is 6.76. The zero-order valence-corrected chi connectivity index (χ0v) is 30.8. The van der Waals surface area contributed by atoms with Crippen molar-refractivity contribution in [2.45, 2.75) is 38.0 Å². The van der Waals surface area contributed by atoms with Gasteiger partial charge in [-0.15, -0.1) is 0 Å². The summed E-state index contributed by atoms with van der Waals surface area (Å²) in [6.45, 7) is 7.10. The van der Waals surface area contributed by atoms with Crippen LogP contribution in [0.4, 0.5) is 17.1 Å². The molecule has 10 rings (SSSR count). The smallest absolute Gasteiger partial charge is 0.0537 e. The van der Waals surface area contributed by atoms with Gasteiger partial charge in [0.2, 0.25) is 0 Å². The van der Waals surface area contributed by atoms with Crippen molar-refractivity contribution < 1.29 is 0 Å². The summed E-state index contributed by atoms with van der Waals surface area (Å²) in [6, 6.07) is 57.8. The lowest BCUT2D eigenvalue weighted by atomic mass is 9.78. The van der Waals surface area contributed by atoms with E-state index in [9.17, 15) is 0 Å². The zero-order chi connectivity index (χ0) is 36.4. The first-order valence-corrected chi connectivity index (χ1v) is 19.0. The Morgan fingerprint density at radius 3 is 2.07 bits per heavy atom. The van der Waals surface area contributed by atoms with Crippen LogP contribution in [0.5, 0.6) is 0 Å². The third kappa shape index (κ3) is 5.07. The third-order valence-corrected chi connectivity index (χ3v) is 11.9. The molecule has 0 spiro atoms. The van der Waals surface area contributed by atoms with E-state index in [4.69, 9.17) is 0 Å². The van der Waals surface area contributed by atoms with Gasteiger partial charge in [0, 0.05) is 51.9 Å². The maximum Gasteiger partial charge on any atom is 0.0537 e. The van der Waals surface area contributed by atoms with E-state index in [2.05, 4.69) is 199 Å². The number of nitrogens with zero attached hydrogens (tertiary/aromatic N) is 3. The van der Waals surface area contributed by atoms with E-state index in [1.807, 2.05) is 18.5 Å². The predicted molar refractivity (Wildman–Crippen MR) is 225 cm³/mol. The highest BCUT2D eigenvalue weighted by Gasteiger charge is 2.36. The van der Waals surface area contributed by atoms with E-state index in [-0.39, 0.29) is 11.3 Å². The fraction of sp³-hybridized carbons (Fsp3) is 0.118. The number of fused-ring (bicyclic) bond motifs is 6. The highest BCUT2D eigenvalue weighted by Crippen LogP contribution is 2.51. The van der Waals surface area contributed by atoms with Gasteiger partial charge in [0.05, 0.1) is 11.2 Å². The van der Waals surface area contributed by atoms with E-state index in [0.717, 1.165) is 28.2 Å². The van der Waals surface area contributed by atoms with Gasteiger partial charge in [0.15, 0.2) is 0 Å². The fourth-order valence-corrected chi connectivity index (χ4v) is 9.18. The molecule has 8 aromatic rings. The second kappa shape index (κ2) is 12.6. The van der Waals surface area contributed by atoms with Gasteiger partial charge in [0.1, 0.15) is 0 Å². The van der Waals surface area contributed by atoms with Gasteiger partial charge in [-0.3, -0.25) is 4.98 Å². The molecule has 2 unspecified atom stereocenters. The van der Waals surface area contributed by atoms with Gasteiger partial charge >= 0.3 is 0 Å². The first-order valence-electron chi connectivity index (χ1n) is 19.0. The summed E-state index contributed by atoms with van der Waals surface area (Å²) in [5, 5.41) is 1.33. The van der Waals surface area contributed by atoms with Crippen molar-refractivity contribution in [3.63, 3.8) is 0 Å². The van der Waals surface area contributed by atoms with E-state index >= 15 is 0 Å². The Kier molecular flexibility index (Phi) is 7.52. The molecular weight excluding hydrogens is 655 g/mol. The minimum absolute atomic E-state index is 0.0897. The van der Waals surface area contributed by atoms with E-state index in [0.29, 0.717) is 5.92 Å². The normalized spacial score (nSPS) is 16.5. The van der Waals surface area contributed by atoms with Crippen LogP contribution in [0.2, 0.25) is 0 Å². The molecule has 2 aromatic heterocycles. The van der Waals surface area contributed by atoms with Crippen molar-refractivity contribution in [3.8, 4) is 27.9 Å². The molecule has 2 aliphatic rings. The van der Waals surface area contributed by atoms with Crippen LogP contribution in [-0.2, 0) is 5.41 Å². The number of rotatable bonds is 6. The topological polar surface area (TPSA) is 21.1 Å². The number of hydrogen-bond acceptors (Lipinski definition) is 2. The van der Waals surface area contributed by atoms with Gasteiger partial charge < -0.3 is 9.47 Å². The van der Waals surface area contributed by atoms with Crippen molar-refractivity contribution in [2.75, 3.05) is 4.90 Å². The molecular formula is C51H41N3. The van der Waals surface area contributed by atoms with Gasteiger partial charge in [-0.25, -0.2) is 0 Å². The van der Waals surface area contributed by atoms with Crippen LogP contribution in [0.25, 0.3) is 44.9 Å². The fourth-order valence-electron chi connectivity index (χ4n) is 9.18. The van der Waals surface area contributed by atoms with E-state index < -0.39 is 0 Å². The lowest BCUT2D eigenvalue weighted by molar-refractivity contribution is 0.660. The standard InChI is InChI=1S/C51H41N3/c1-34-42(29-30-49-50(34)45-16-8-10-18-48(45)54(49)38-13-5-4-6-14-38)36-21-25-40(26-22-36)53(39-23-19-35(20-24-39)37-12-11-31-52-33-37)41-27-28-44-43-15-7-9-17-46(43)51(2,3)47(44)32-41/h4-34,42H,1-3H3. The molecule has 0 bridgehead atoms. The Bertz CT molecular complexity index is 2680. The molecule has 2 heterocycles. The second-order valence-corrected chi connectivity index (χ2v) is 15.3. The summed E-state index contributed by atoms with van der Waals surface area (Å²) in [6.07, 6.45) is 8.51. The summed E-state index contributed by atoms with van der Waals surface area (Å²) in [5.74, 6) is 0.565. The van der Waals surface area contributed by atoms with Crippen LogP contribution in [0.15, 0.2) is 176 Å². The van der Waals surface area contributed by atoms with Gasteiger partial charge in [0.25, 0.3) is 0 Å². The average molecular weight is 696 g/mol. The molecule has 54 heavy (non-hydrogen) atoms. The Hall–Kier alpha value is -6.45. The summed E-state index contributed by atoms with van der Waals surface area (Å²) in [5.41, 5.74) is 17.5. The van der Waals surface area contributed by atoms with Crippen molar-refractivity contribution in [1.82, 2.24) is 9.55 Å². The average Bonchev–Trinajstić information content (AvgIpc) is 3.68. The molecule has 0 saturated heterocycles. The number of benzene rings is 6. The number of para-hydroxylation sites is 2. The van der Waals surface area contributed by atoms with E-state index in [1.54, 1.807) is 0 Å². The Labute approximate surface area is 317 Å². The van der Waals surface area contributed by atoms with Crippen molar-refractivity contribution >= 4 is 34.0 Å². The van der Waals surface area contributed by atoms with Crippen LogP contribution in [-0.4, -0.2) is 9.55 Å². The zero-order valence-electron chi connectivity index (χ0n) is 30.8. The molecule has 3 heteroatoms. The Morgan fingerprint density at radius 1 is 0.611 bits per heavy atom. The quantitative estimate of drug-likeness (QED) is 0.173. The largest absolute Gasteiger partial charge is 0.310 e. The highest BCUT2D eigenvalue weighted by atomic mass is 15.1.